The summed E-state index contributed by atoms with van der Waals surface area (Å²) in [7, 11) is 0.833. The van der Waals surface area contributed by atoms with Crippen LogP contribution in [-0.2, 0) is 33.1 Å². The Bertz CT molecular complexity index is 1320. The number of alkyl halides is 3. The fourth-order valence-corrected chi connectivity index (χ4v) is 4.18. The second-order valence-corrected chi connectivity index (χ2v) is 9.08. The van der Waals surface area contributed by atoms with Gasteiger partial charge in [0, 0.05) is 18.7 Å². The summed E-state index contributed by atoms with van der Waals surface area (Å²) in [4.78, 5) is 13.2. The van der Waals surface area contributed by atoms with E-state index in [1.165, 1.54) is 31.2 Å². The van der Waals surface area contributed by atoms with Crippen LogP contribution < -0.4 is 9.47 Å². The average Bonchev–Trinajstić information content (AvgIpc) is 2.96. The van der Waals surface area contributed by atoms with E-state index in [0.717, 1.165) is 18.2 Å². The number of hydrogen-bond donors (Lipinski definition) is 0. The fraction of sp³-hybridized carbons (Fsp3) is 0.219. The van der Waals surface area contributed by atoms with Gasteiger partial charge in [-0.05, 0) is 35.7 Å². The monoisotopic (exact) mass is 550 g/mol. The summed E-state index contributed by atoms with van der Waals surface area (Å²) in [6.45, 7) is 1.99. The Morgan fingerprint density at radius 1 is 0.725 bits per heavy atom. The highest BCUT2D eigenvalue weighted by Crippen LogP contribution is 2.44. The van der Waals surface area contributed by atoms with E-state index in [2.05, 4.69) is 0 Å². The van der Waals surface area contributed by atoms with E-state index < -0.39 is 23.9 Å². The van der Waals surface area contributed by atoms with E-state index in [4.69, 9.17) is 18.9 Å². The van der Waals surface area contributed by atoms with Crippen molar-refractivity contribution in [2.45, 2.75) is 38.0 Å². The molecule has 5 nitrogen and oxygen atoms in total. The van der Waals surface area contributed by atoms with Crippen molar-refractivity contribution in [3.8, 4) is 11.5 Å². The molecule has 0 aromatic heterocycles. The molecule has 4 rings (SSSR count). The van der Waals surface area contributed by atoms with Crippen molar-refractivity contribution in [3.63, 3.8) is 0 Å². The number of benzene rings is 4. The maximum atomic E-state index is 14.4. The Morgan fingerprint density at radius 2 is 1.18 bits per heavy atom. The van der Waals surface area contributed by atoms with Crippen LogP contribution in [0.5, 0.6) is 11.5 Å². The average molecular weight is 551 g/mol. The second kappa shape index (κ2) is 12.7. The van der Waals surface area contributed by atoms with Crippen molar-refractivity contribution in [1.29, 1.82) is 0 Å². The molecular weight excluding hydrogens is 521 g/mol. The number of esters is 1. The quantitative estimate of drug-likeness (QED) is 0.181. The number of carbonyl (C=O) groups excluding carboxylic acids is 1. The summed E-state index contributed by atoms with van der Waals surface area (Å²) in [5.74, 6) is -0.767. The molecule has 40 heavy (non-hydrogen) atoms. The van der Waals surface area contributed by atoms with Crippen LogP contribution in [0.15, 0.2) is 109 Å². The van der Waals surface area contributed by atoms with Crippen LogP contribution in [0.4, 0.5) is 13.2 Å². The van der Waals surface area contributed by atoms with Gasteiger partial charge >= 0.3 is 12.1 Å². The van der Waals surface area contributed by atoms with Gasteiger partial charge in [-0.1, -0.05) is 91.0 Å². The Kier molecular flexibility index (Phi) is 9.11. The molecule has 208 valence electrons. The zero-order valence-electron chi connectivity index (χ0n) is 22.1. The van der Waals surface area contributed by atoms with Crippen LogP contribution in [-0.4, -0.2) is 19.3 Å². The lowest BCUT2D eigenvalue weighted by Crippen LogP contribution is -2.51. The molecule has 0 amide bonds. The van der Waals surface area contributed by atoms with Crippen LogP contribution in [0.25, 0.3) is 0 Å². The van der Waals surface area contributed by atoms with Gasteiger partial charge in [-0.25, -0.2) is 4.79 Å². The molecule has 8 heteroatoms. The summed E-state index contributed by atoms with van der Waals surface area (Å²) < 4.78 is 65.3. The first kappa shape index (κ1) is 28.7. The minimum Gasteiger partial charge on any atom is -0.489 e. The van der Waals surface area contributed by atoms with Crippen LogP contribution >= 0.6 is 0 Å². The third-order valence-electron chi connectivity index (χ3n) is 6.33. The van der Waals surface area contributed by atoms with Gasteiger partial charge in [0.1, 0.15) is 30.8 Å². The predicted molar refractivity (Wildman–Crippen MR) is 144 cm³/mol. The molecule has 4 aromatic rings. The summed E-state index contributed by atoms with van der Waals surface area (Å²) in [5, 5.41) is 0. The molecule has 2 atom stereocenters. The third kappa shape index (κ3) is 6.63. The first-order chi connectivity index (χ1) is 19.2. The van der Waals surface area contributed by atoms with Gasteiger partial charge in [0.2, 0.25) is 0 Å². The van der Waals surface area contributed by atoms with E-state index >= 15 is 0 Å². The minimum absolute atomic E-state index is 0.255. The van der Waals surface area contributed by atoms with Crippen LogP contribution in [0.3, 0.4) is 0 Å². The van der Waals surface area contributed by atoms with Crippen LogP contribution in [0, 0.1) is 0 Å². The van der Waals surface area contributed by atoms with Crippen molar-refractivity contribution in [3.05, 3.63) is 131 Å². The van der Waals surface area contributed by atoms with Crippen LogP contribution in [0.2, 0.25) is 0 Å². The maximum Gasteiger partial charge on any atom is 0.432 e. The van der Waals surface area contributed by atoms with Crippen molar-refractivity contribution < 1.29 is 36.9 Å². The summed E-state index contributed by atoms with van der Waals surface area (Å²) in [6.07, 6.45) is -6.17. The van der Waals surface area contributed by atoms with E-state index in [9.17, 15) is 18.0 Å². The third-order valence-corrected chi connectivity index (χ3v) is 6.33. The minimum atomic E-state index is -5.08. The highest BCUT2D eigenvalue weighted by molar-refractivity contribution is 5.83. The van der Waals surface area contributed by atoms with E-state index in [-0.39, 0.29) is 18.8 Å². The smallest absolute Gasteiger partial charge is 0.432 e. The standard InChI is InChI=1S/C32H29F3O5/c1-23(40-30(36)31(37-2,32(33,34)35)27-16-10-5-11-17-27)26-18-28(38-21-24-12-6-3-7-13-24)20-29(19-26)39-22-25-14-8-4-9-15-25/h3-20,23H,21-22H2,1-2H3/t23-,31+/m0/s1. The molecular formula is C32H29F3O5. The Hall–Kier alpha value is -4.30. The SMILES string of the molecule is CO[C@@](C(=O)O[C@@H](C)c1cc(OCc2ccccc2)cc(OCc2ccccc2)c1)(c1ccccc1)C(F)(F)F. The lowest BCUT2D eigenvalue weighted by Gasteiger charge is -2.33. The lowest BCUT2D eigenvalue weighted by molar-refractivity contribution is -0.278. The first-order valence-electron chi connectivity index (χ1n) is 12.6. The summed E-state index contributed by atoms with van der Waals surface area (Å²) in [6, 6.07) is 30.6. The summed E-state index contributed by atoms with van der Waals surface area (Å²) in [5.41, 5.74) is -1.43. The predicted octanol–water partition coefficient (Wildman–Crippen LogP) is 7.55. The van der Waals surface area contributed by atoms with Crippen molar-refractivity contribution in [2.24, 2.45) is 0 Å². The number of hydrogen-bond acceptors (Lipinski definition) is 5. The molecule has 4 aromatic carbocycles. The molecule has 0 saturated carbocycles. The molecule has 0 bridgehead atoms. The Morgan fingerprint density at radius 3 is 1.60 bits per heavy atom. The van der Waals surface area contributed by atoms with Gasteiger partial charge < -0.3 is 18.9 Å². The topological polar surface area (TPSA) is 54.0 Å². The first-order valence-corrected chi connectivity index (χ1v) is 12.6. The number of ether oxygens (including phenoxy) is 4. The zero-order valence-corrected chi connectivity index (χ0v) is 22.1. The van der Waals surface area contributed by atoms with Crippen LogP contribution in [0.1, 0.15) is 35.3 Å². The lowest BCUT2D eigenvalue weighted by atomic mass is 9.92. The van der Waals surface area contributed by atoms with Crippen molar-refractivity contribution in [1.82, 2.24) is 0 Å². The highest BCUT2D eigenvalue weighted by Gasteiger charge is 2.64. The molecule has 0 N–H and O–H groups in total. The van der Waals surface area contributed by atoms with Gasteiger partial charge in [-0.3, -0.25) is 0 Å². The molecule has 0 heterocycles. The van der Waals surface area contributed by atoms with Gasteiger partial charge in [0.15, 0.2) is 0 Å². The maximum absolute atomic E-state index is 14.4. The Labute approximate surface area is 231 Å². The van der Waals surface area contributed by atoms with E-state index in [1.54, 1.807) is 24.3 Å². The zero-order chi connectivity index (χ0) is 28.6. The molecule has 0 unspecified atom stereocenters. The number of halogens is 3. The number of methoxy groups -OCH3 is 1. The van der Waals surface area contributed by atoms with Gasteiger partial charge in [-0.2, -0.15) is 13.2 Å². The second-order valence-electron chi connectivity index (χ2n) is 9.08. The van der Waals surface area contributed by atoms with Gasteiger partial charge in [-0.15, -0.1) is 0 Å². The molecule has 0 aliphatic heterocycles. The Balaban J connectivity index is 1.61. The van der Waals surface area contributed by atoms with E-state index in [0.29, 0.717) is 17.1 Å². The van der Waals surface area contributed by atoms with Gasteiger partial charge in [0.25, 0.3) is 5.60 Å². The van der Waals surface area contributed by atoms with Crippen molar-refractivity contribution >= 4 is 5.97 Å². The van der Waals surface area contributed by atoms with E-state index in [1.807, 2.05) is 60.7 Å². The normalized spacial score (nSPS) is 13.6. The number of rotatable bonds is 11. The fourth-order valence-electron chi connectivity index (χ4n) is 4.18. The molecule has 0 saturated heterocycles. The number of carbonyl (C=O) groups is 1. The summed E-state index contributed by atoms with van der Waals surface area (Å²) >= 11 is 0. The molecule has 0 aliphatic carbocycles. The highest BCUT2D eigenvalue weighted by atomic mass is 19.4. The van der Waals surface area contributed by atoms with Gasteiger partial charge in [0.05, 0.1) is 0 Å². The molecule has 0 spiro atoms. The largest absolute Gasteiger partial charge is 0.489 e. The molecule has 0 radical (unpaired) electrons. The molecule has 0 aliphatic rings. The van der Waals surface area contributed by atoms with Crippen molar-refractivity contribution in [2.75, 3.05) is 7.11 Å². The molecule has 0 fully saturated rings.